The molecule has 2 aromatic carbocycles. The van der Waals surface area contributed by atoms with Gasteiger partial charge in [0.2, 0.25) is 0 Å². The number of imidazole rings is 1. The van der Waals surface area contributed by atoms with Crippen LogP contribution in [0.2, 0.25) is 0 Å². The Bertz CT molecular complexity index is 1500. The fraction of sp³-hybridized carbons (Fsp3) is 0.214. The molecule has 9 nitrogen and oxygen atoms in total. The van der Waals surface area contributed by atoms with Gasteiger partial charge in [0.25, 0.3) is 17.6 Å². The summed E-state index contributed by atoms with van der Waals surface area (Å²) < 4.78 is 51.6. The number of halogens is 3. The fourth-order valence-corrected chi connectivity index (χ4v) is 4.51. The van der Waals surface area contributed by atoms with E-state index in [0.717, 1.165) is 17.7 Å². The largest absolute Gasteiger partial charge is 0.416 e. The van der Waals surface area contributed by atoms with Gasteiger partial charge in [-0.15, -0.1) is 0 Å². The minimum Gasteiger partial charge on any atom is -0.365 e. The zero-order valence-corrected chi connectivity index (χ0v) is 21.0. The van der Waals surface area contributed by atoms with Crippen molar-refractivity contribution in [2.24, 2.45) is 5.73 Å². The first-order chi connectivity index (χ1) is 19.2. The van der Waals surface area contributed by atoms with Crippen LogP contribution in [0.1, 0.15) is 21.5 Å². The predicted molar refractivity (Wildman–Crippen MR) is 137 cm³/mol. The molecule has 0 spiro atoms. The highest BCUT2D eigenvalue weighted by molar-refractivity contribution is 5.98. The van der Waals surface area contributed by atoms with Crippen molar-refractivity contribution in [3.05, 3.63) is 102 Å². The van der Waals surface area contributed by atoms with Gasteiger partial charge in [0.15, 0.2) is 5.82 Å². The number of rotatable bonds is 8. The third-order valence-corrected chi connectivity index (χ3v) is 6.47. The number of nitrogens with zero attached hydrogens (tertiary/aromatic N) is 3. The standard InChI is InChI=1S/C28H24F3N5O4/c29-28(30,31)20-10-8-19(9-11-20)22-16-36(17-34-22)24-21(7-4-12-33-24)25(37)35-23(15-18-5-2-1-3-6-18)27(26(32)38)39-13-14-40-27/h1-12,16-17,23H,13-15H2,(H2,32,38)(H,35,37). The Kier molecular flexibility index (Phi) is 7.37. The first-order valence-electron chi connectivity index (χ1n) is 12.3. The van der Waals surface area contributed by atoms with E-state index in [0.29, 0.717) is 11.3 Å². The SMILES string of the molecule is NC(=O)C1(C(Cc2ccccc2)NC(=O)c2cccnc2-n2cnc(-c3ccc(C(F)(F)F)cc3)c2)OCCO1. The molecule has 1 aliphatic heterocycles. The van der Waals surface area contributed by atoms with Crippen LogP contribution >= 0.6 is 0 Å². The summed E-state index contributed by atoms with van der Waals surface area (Å²) in [4.78, 5) is 34.7. The fourth-order valence-electron chi connectivity index (χ4n) is 4.51. The Labute approximate surface area is 226 Å². The van der Waals surface area contributed by atoms with Crippen molar-refractivity contribution in [2.75, 3.05) is 13.2 Å². The van der Waals surface area contributed by atoms with Gasteiger partial charge in [-0.3, -0.25) is 14.2 Å². The zero-order valence-electron chi connectivity index (χ0n) is 21.0. The van der Waals surface area contributed by atoms with E-state index in [-0.39, 0.29) is 31.0 Å². The molecule has 5 rings (SSSR count). The molecule has 206 valence electrons. The van der Waals surface area contributed by atoms with Crippen LogP contribution in [0.3, 0.4) is 0 Å². The smallest absolute Gasteiger partial charge is 0.365 e. The van der Waals surface area contributed by atoms with Crippen LogP contribution < -0.4 is 11.1 Å². The van der Waals surface area contributed by atoms with Gasteiger partial charge in [-0.25, -0.2) is 9.97 Å². The Morgan fingerprint density at radius 3 is 2.35 bits per heavy atom. The van der Waals surface area contributed by atoms with Crippen LogP contribution in [0.25, 0.3) is 17.1 Å². The van der Waals surface area contributed by atoms with Crippen LogP contribution in [0.5, 0.6) is 0 Å². The molecule has 0 saturated carbocycles. The first kappa shape index (κ1) is 27.0. The Morgan fingerprint density at radius 1 is 1.00 bits per heavy atom. The number of aromatic nitrogens is 3. The molecule has 40 heavy (non-hydrogen) atoms. The van der Waals surface area contributed by atoms with E-state index in [1.165, 1.54) is 29.2 Å². The molecule has 3 N–H and O–H groups in total. The number of nitrogens with two attached hydrogens (primary N) is 1. The minimum absolute atomic E-state index is 0.129. The highest BCUT2D eigenvalue weighted by Crippen LogP contribution is 2.31. The molecule has 0 radical (unpaired) electrons. The predicted octanol–water partition coefficient (Wildman–Crippen LogP) is 3.52. The van der Waals surface area contributed by atoms with Gasteiger partial charge in [-0.2, -0.15) is 13.2 Å². The summed E-state index contributed by atoms with van der Waals surface area (Å²) in [7, 11) is 0. The summed E-state index contributed by atoms with van der Waals surface area (Å²) in [6.07, 6.45) is 0.181. The van der Waals surface area contributed by atoms with Crippen LogP contribution in [-0.2, 0) is 26.9 Å². The number of amides is 2. The number of pyridine rings is 1. The van der Waals surface area contributed by atoms with Crippen molar-refractivity contribution >= 4 is 11.8 Å². The van der Waals surface area contributed by atoms with Crippen LogP contribution in [0.4, 0.5) is 13.2 Å². The Hall–Kier alpha value is -4.55. The van der Waals surface area contributed by atoms with E-state index >= 15 is 0 Å². The quantitative estimate of drug-likeness (QED) is 0.346. The summed E-state index contributed by atoms with van der Waals surface area (Å²) in [6.45, 7) is 0.258. The molecule has 3 heterocycles. The maximum Gasteiger partial charge on any atom is 0.416 e. The molecule has 1 unspecified atom stereocenters. The molecular formula is C28H24F3N5O4. The number of carbonyl (C=O) groups is 2. The lowest BCUT2D eigenvalue weighted by Gasteiger charge is -2.33. The number of hydrogen-bond donors (Lipinski definition) is 2. The van der Waals surface area contributed by atoms with Crippen LogP contribution in [0.15, 0.2) is 85.5 Å². The summed E-state index contributed by atoms with van der Waals surface area (Å²) in [6, 6.07) is 15.9. The van der Waals surface area contributed by atoms with E-state index in [2.05, 4.69) is 15.3 Å². The van der Waals surface area contributed by atoms with Gasteiger partial charge in [-0.05, 0) is 36.2 Å². The van der Waals surface area contributed by atoms with Crippen molar-refractivity contribution in [3.63, 3.8) is 0 Å². The number of benzene rings is 2. The van der Waals surface area contributed by atoms with E-state index in [9.17, 15) is 22.8 Å². The second-order valence-electron chi connectivity index (χ2n) is 9.06. The maximum absolute atomic E-state index is 13.6. The lowest BCUT2D eigenvalue weighted by Crippen LogP contribution is -2.61. The van der Waals surface area contributed by atoms with Gasteiger partial charge >= 0.3 is 6.18 Å². The maximum atomic E-state index is 13.6. The van der Waals surface area contributed by atoms with E-state index in [4.69, 9.17) is 15.2 Å². The number of alkyl halides is 3. The molecule has 4 aromatic rings. The average molecular weight is 552 g/mol. The molecular weight excluding hydrogens is 527 g/mol. The minimum atomic E-state index is -4.45. The third kappa shape index (κ3) is 5.44. The van der Waals surface area contributed by atoms with Crippen molar-refractivity contribution in [1.82, 2.24) is 19.9 Å². The van der Waals surface area contributed by atoms with Gasteiger partial charge < -0.3 is 20.5 Å². The third-order valence-electron chi connectivity index (χ3n) is 6.47. The summed E-state index contributed by atoms with van der Waals surface area (Å²) in [5.74, 6) is -3.09. The van der Waals surface area contributed by atoms with Crippen LogP contribution in [-0.4, -0.2) is 51.4 Å². The number of ether oxygens (including phenoxy) is 2. The molecule has 0 aliphatic carbocycles. The van der Waals surface area contributed by atoms with Gasteiger partial charge in [0.05, 0.1) is 36.1 Å². The van der Waals surface area contributed by atoms with Crippen LogP contribution in [0, 0.1) is 0 Å². The van der Waals surface area contributed by atoms with Crippen molar-refractivity contribution in [1.29, 1.82) is 0 Å². The lowest BCUT2D eigenvalue weighted by atomic mass is 9.97. The molecule has 0 bridgehead atoms. The average Bonchev–Trinajstić information content (AvgIpc) is 3.64. The summed E-state index contributed by atoms with van der Waals surface area (Å²) in [5.41, 5.74) is 6.72. The summed E-state index contributed by atoms with van der Waals surface area (Å²) >= 11 is 0. The molecule has 2 aromatic heterocycles. The highest BCUT2D eigenvalue weighted by atomic mass is 19.4. The molecule has 1 saturated heterocycles. The van der Waals surface area contributed by atoms with Crippen molar-refractivity contribution in [2.45, 2.75) is 24.4 Å². The van der Waals surface area contributed by atoms with Gasteiger partial charge in [0, 0.05) is 18.0 Å². The molecule has 1 fully saturated rings. The number of hydrogen-bond acceptors (Lipinski definition) is 6. The van der Waals surface area contributed by atoms with E-state index < -0.39 is 35.4 Å². The topological polar surface area (TPSA) is 121 Å². The van der Waals surface area contributed by atoms with Crippen molar-refractivity contribution < 1.29 is 32.2 Å². The normalized spacial score (nSPS) is 15.5. The number of carbonyl (C=O) groups excluding carboxylic acids is 2. The second-order valence-corrected chi connectivity index (χ2v) is 9.06. The Morgan fingerprint density at radius 2 is 1.70 bits per heavy atom. The van der Waals surface area contributed by atoms with Gasteiger partial charge in [-0.1, -0.05) is 42.5 Å². The highest BCUT2D eigenvalue weighted by Gasteiger charge is 2.51. The number of primary amides is 1. The molecule has 12 heteroatoms. The Balaban J connectivity index is 1.44. The van der Waals surface area contributed by atoms with Crippen molar-refractivity contribution in [3.8, 4) is 17.1 Å². The molecule has 1 atom stereocenters. The zero-order chi connectivity index (χ0) is 28.3. The first-order valence-corrected chi connectivity index (χ1v) is 12.3. The molecule has 2 amide bonds. The monoisotopic (exact) mass is 551 g/mol. The van der Waals surface area contributed by atoms with E-state index in [1.54, 1.807) is 18.3 Å². The summed E-state index contributed by atoms with van der Waals surface area (Å²) in [5, 5.41) is 2.84. The molecule has 1 aliphatic rings. The number of nitrogens with one attached hydrogen (secondary N) is 1. The second kappa shape index (κ2) is 10.9. The van der Waals surface area contributed by atoms with Gasteiger partial charge in [0.1, 0.15) is 6.33 Å². The lowest BCUT2D eigenvalue weighted by molar-refractivity contribution is -0.189. The van der Waals surface area contributed by atoms with E-state index in [1.807, 2.05) is 30.3 Å².